The molecule has 2 rings (SSSR count). The molecule has 4 nitrogen and oxygen atoms in total. The van der Waals surface area contributed by atoms with Crippen molar-refractivity contribution in [2.75, 3.05) is 0 Å². The molecule has 2 N–H and O–H groups in total. The van der Waals surface area contributed by atoms with Crippen LogP contribution in [0.15, 0.2) is 16.7 Å². The first-order valence-corrected chi connectivity index (χ1v) is 5.86. The molecule has 1 unspecified atom stereocenters. The predicted molar refractivity (Wildman–Crippen MR) is 67.0 cm³/mol. The summed E-state index contributed by atoms with van der Waals surface area (Å²) in [5.41, 5.74) is 8.96. The summed E-state index contributed by atoms with van der Waals surface area (Å²) in [5.74, 6) is 0.854. The normalized spacial score (nSPS) is 13.0. The zero-order valence-corrected chi connectivity index (χ0v) is 11.0. The van der Waals surface area contributed by atoms with E-state index in [-0.39, 0.29) is 6.04 Å². The Morgan fingerprint density at radius 2 is 2.24 bits per heavy atom. The first kappa shape index (κ1) is 12.2. The van der Waals surface area contributed by atoms with E-state index in [4.69, 9.17) is 21.8 Å². The van der Waals surface area contributed by atoms with E-state index >= 15 is 0 Å². The first-order valence-electron chi connectivity index (χ1n) is 5.48. The van der Waals surface area contributed by atoms with Crippen LogP contribution < -0.4 is 5.73 Å². The van der Waals surface area contributed by atoms with Crippen molar-refractivity contribution < 1.29 is 4.42 Å². The lowest BCUT2D eigenvalue weighted by atomic mass is 10.0. The summed E-state index contributed by atoms with van der Waals surface area (Å²) < 4.78 is 7.04. The molecule has 92 valence electrons. The molecule has 2 aromatic rings. The molecule has 0 aliphatic carbocycles. The van der Waals surface area contributed by atoms with Crippen LogP contribution in [0.1, 0.15) is 28.8 Å². The molecule has 0 amide bonds. The van der Waals surface area contributed by atoms with Crippen molar-refractivity contribution in [3.8, 4) is 0 Å². The third-order valence-electron chi connectivity index (χ3n) is 2.97. The van der Waals surface area contributed by atoms with Crippen LogP contribution in [0.25, 0.3) is 0 Å². The van der Waals surface area contributed by atoms with Gasteiger partial charge in [0.1, 0.15) is 5.76 Å². The lowest BCUT2D eigenvalue weighted by Gasteiger charge is -2.11. The largest absolute Gasteiger partial charge is 0.469 e. The number of aryl methyl sites for hydroxylation is 3. The molecule has 2 aromatic heterocycles. The van der Waals surface area contributed by atoms with Crippen molar-refractivity contribution in [3.63, 3.8) is 0 Å². The third-order valence-corrected chi connectivity index (χ3v) is 3.46. The van der Waals surface area contributed by atoms with Crippen LogP contribution in [-0.2, 0) is 13.5 Å². The predicted octanol–water partition coefficient (Wildman–Crippen LogP) is 2.53. The molecular weight excluding hydrogens is 238 g/mol. The highest BCUT2D eigenvalue weighted by Gasteiger charge is 2.17. The first-order chi connectivity index (χ1) is 8.00. The molecule has 0 bridgehead atoms. The van der Waals surface area contributed by atoms with Gasteiger partial charge in [-0.05, 0) is 19.9 Å². The molecule has 5 heteroatoms. The van der Waals surface area contributed by atoms with Crippen molar-refractivity contribution in [2.24, 2.45) is 12.8 Å². The Kier molecular flexibility index (Phi) is 3.26. The van der Waals surface area contributed by atoms with Crippen LogP contribution in [0, 0.1) is 13.8 Å². The van der Waals surface area contributed by atoms with E-state index in [0.29, 0.717) is 11.4 Å². The Bertz CT molecular complexity index is 530. The number of nitrogens with zero attached hydrogens (tertiary/aromatic N) is 2. The zero-order valence-electron chi connectivity index (χ0n) is 10.2. The van der Waals surface area contributed by atoms with E-state index in [1.807, 2.05) is 27.0 Å². The molecule has 17 heavy (non-hydrogen) atoms. The molecule has 0 saturated carbocycles. The summed E-state index contributed by atoms with van der Waals surface area (Å²) in [6, 6.07) is 1.78. The van der Waals surface area contributed by atoms with Gasteiger partial charge in [-0.2, -0.15) is 5.10 Å². The molecule has 1 atom stereocenters. The van der Waals surface area contributed by atoms with Gasteiger partial charge in [0, 0.05) is 25.1 Å². The summed E-state index contributed by atoms with van der Waals surface area (Å²) in [5, 5.41) is 4.97. The topological polar surface area (TPSA) is 57.0 Å². The summed E-state index contributed by atoms with van der Waals surface area (Å²) in [4.78, 5) is 0. The Balaban J connectivity index is 2.24. The Morgan fingerprint density at radius 1 is 1.53 bits per heavy atom. The average Bonchev–Trinajstić information content (AvgIpc) is 2.78. The van der Waals surface area contributed by atoms with Crippen molar-refractivity contribution in [1.29, 1.82) is 0 Å². The van der Waals surface area contributed by atoms with Crippen LogP contribution in [0.5, 0.6) is 0 Å². The van der Waals surface area contributed by atoms with Crippen LogP contribution in [-0.4, -0.2) is 9.78 Å². The second kappa shape index (κ2) is 4.55. The SMILES string of the molecule is Cc1nn(C)c(CC(N)c2ccoc2C)c1Cl. The highest BCUT2D eigenvalue weighted by molar-refractivity contribution is 6.31. The van der Waals surface area contributed by atoms with E-state index < -0.39 is 0 Å². The zero-order chi connectivity index (χ0) is 12.6. The van der Waals surface area contributed by atoms with Gasteiger partial charge in [0.25, 0.3) is 0 Å². The molecular formula is C12H16ClN3O. The van der Waals surface area contributed by atoms with Crippen molar-refractivity contribution in [1.82, 2.24) is 9.78 Å². The van der Waals surface area contributed by atoms with Gasteiger partial charge in [-0.15, -0.1) is 0 Å². The van der Waals surface area contributed by atoms with E-state index in [9.17, 15) is 0 Å². The van der Waals surface area contributed by atoms with E-state index in [0.717, 1.165) is 22.7 Å². The molecule has 0 aromatic carbocycles. The second-order valence-corrected chi connectivity index (χ2v) is 4.59. The minimum atomic E-state index is -0.124. The minimum Gasteiger partial charge on any atom is -0.469 e. The minimum absolute atomic E-state index is 0.124. The number of furan rings is 1. The molecule has 0 radical (unpaired) electrons. The van der Waals surface area contributed by atoms with Gasteiger partial charge in [0.2, 0.25) is 0 Å². The molecule has 0 spiro atoms. The van der Waals surface area contributed by atoms with Crippen molar-refractivity contribution in [2.45, 2.75) is 26.3 Å². The summed E-state index contributed by atoms with van der Waals surface area (Å²) in [6.45, 7) is 3.80. The Morgan fingerprint density at radius 3 is 2.71 bits per heavy atom. The van der Waals surface area contributed by atoms with Crippen LogP contribution in [0.3, 0.4) is 0 Å². The fraction of sp³-hybridized carbons (Fsp3) is 0.417. The maximum atomic E-state index is 6.20. The summed E-state index contributed by atoms with van der Waals surface area (Å²) in [6.07, 6.45) is 2.30. The van der Waals surface area contributed by atoms with E-state index in [2.05, 4.69) is 5.10 Å². The monoisotopic (exact) mass is 253 g/mol. The lowest BCUT2D eigenvalue weighted by Crippen LogP contribution is -2.15. The fourth-order valence-corrected chi connectivity index (χ4v) is 2.24. The van der Waals surface area contributed by atoms with Gasteiger partial charge >= 0.3 is 0 Å². The summed E-state index contributed by atoms with van der Waals surface area (Å²) in [7, 11) is 1.88. The summed E-state index contributed by atoms with van der Waals surface area (Å²) >= 11 is 6.20. The van der Waals surface area contributed by atoms with Crippen LogP contribution in [0.2, 0.25) is 5.02 Å². The van der Waals surface area contributed by atoms with Crippen molar-refractivity contribution in [3.05, 3.63) is 40.1 Å². The van der Waals surface area contributed by atoms with Gasteiger partial charge in [0.15, 0.2) is 0 Å². The van der Waals surface area contributed by atoms with Crippen LogP contribution >= 0.6 is 11.6 Å². The molecule has 0 fully saturated rings. The molecule has 0 aliphatic heterocycles. The van der Waals surface area contributed by atoms with Gasteiger partial charge < -0.3 is 10.2 Å². The van der Waals surface area contributed by atoms with Gasteiger partial charge in [0.05, 0.1) is 22.7 Å². The lowest BCUT2D eigenvalue weighted by molar-refractivity contribution is 0.522. The second-order valence-electron chi connectivity index (χ2n) is 4.21. The van der Waals surface area contributed by atoms with Gasteiger partial charge in [-0.1, -0.05) is 11.6 Å². The maximum absolute atomic E-state index is 6.20. The highest BCUT2D eigenvalue weighted by atomic mass is 35.5. The standard InChI is InChI=1S/C12H16ClN3O/c1-7-12(13)11(16(3)15-7)6-10(14)9-4-5-17-8(9)2/h4-5,10H,6,14H2,1-3H3. The number of nitrogens with two attached hydrogens (primary N) is 1. The van der Waals surface area contributed by atoms with Gasteiger partial charge in [-0.3, -0.25) is 4.68 Å². The van der Waals surface area contributed by atoms with Crippen molar-refractivity contribution >= 4 is 11.6 Å². The molecule has 0 aliphatic rings. The quantitative estimate of drug-likeness (QED) is 0.915. The van der Waals surface area contributed by atoms with E-state index in [1.165, 1.54) is 0 Å². The average molecular weight is 254 g/mol. The number of rotatable bonds is 3. The molecule has 0 saturated heterocycles. The number of hydrogen-bond donors (Lipinski definition) is 1. The van der Waals surface area contributed by atoms with E-state index in [1.54, 1.807) is 10.9 Å². The van der Waals surface area contributed by atoms with Crippen LogP contribution in [0.4, 0.5) is 0 Å². The third kappa shape index (κ3) is 2.23. The maximum Gasteiger partial charge on any atom is 0.105 e. The Labute approximate surface area is 105 Å². The highest BCUT2D eigenvalue weighted by Crippen LogP contribution is 2.26. The van der Waals surface area contributed by atoms with Gasteiger partial charge in [-0.25, -0.2) is 0 Å². The smallest absolute Gasteiger partial charge is 0.105 e. The molecule has 2 heterocycles. The Hall–Kier alpha value is -1.26. The fourth-order valence-electron chi connectivity index (χ4n) is 2.00. The number of hydrogen-bond acceptors (Lipinski definition) is 3. The number of aromatic nitrogens is 2. The number of halogens is 1.